The van der Waals surface area contributed by atoms with Crippen molar-refractivity contribution in [3.63, 3.8) is 0 Å². The van der Waals surface area contributed by atoms with E-state index in [-0.39, 0.29) is 5.91 Å². The van der Waals surface area contributed by atoms with Crippen LogP contribution in [0, 0.1) is 20.8 Å². The smallest absolute Gasteiger partial charge is 0.251 e. The third kappa shape index (κ3) is 4.68. The van der Waals surface area contributed by atoms with Gasteiger partial charge in [0.05, 0.1) is 0 Å². The first-order chi connectivity index (χ1) is 10.8. The van der Waals surface area contributed by atoms with Gasteiger partial charge >= 0.3 is 0 Å². The number of rotatable bonds is 5. The van der Waals surface area contributed by atoms with E-state index in [4.69, 9.17) is 5.73 Å². The third-order valence-electron chi connectivity index (χ3n) is 3.69. The van der Waals surface area contributed by atoms with E-state index < -0.39 is 11.9 Å². The van der Waals surface area contributed by atoms with Gasteiger partial charge in [-0.25, -0.2) is 0 Å². The first-order valence-electron chi connectivity index (χ1n) is 7.59. The van der Waals surface area contributed by atoms with E-state index in [2.05, 4.69) is 5.32 Å². The summed E-state index contributed by atoms with van der Waals surface area (Å²) in [5.74, 6) is -0.823. The molecule has 2 amide bonds. The predicted octanol–water partition coefficient (Wildman–Crippen LogP) is 2.44. The number of amides is 2. The second-order valence-electron chi connectivity index (χ2n) is 5.99. The molecule has 23 heavy (non-hydrogen) atoms. The summed E-state index contributed by atoms with van der Waals surface area (Å²) in [6.07, 6.45) is 0.381. The number of benzene rings is 2. The summed E-state index contributed by atoms with van der Waals surface area (Å²) in [6.45, 7) is 5.86. The molecule has 0 spiro atoms. The number of hydrogen-bond acceptors (Lipinski definition) is 2. The normalized spacial score (nSPS) is 11.8. The zero-order valence-electron chi connectivity index (χ0n) is 13.7. The largest absolute Gasteiger partial charge is 0.368 e. The van der Waals surface area contributed by atoms with Crippen LogP contribution in [0.25, 0.3) is 0 Å². The monoisotopic (exact) mass is 310 g/mol. The van der Waals surface area contributed by atoms with Crippen LogP contribution in [0.5, 0.6) is 0 Å². The van der Waals surface area contributed by atoms with E-state index in [1.54, 1.807) is 12.1 Å². The molecule has 0 fully saturated rings. The van der Waals surface area contributed by atoms with Gasteiger partial charge in [0.1, 0.15) is 6.04 Å². The van der Waals surface area contributed by atoms with Gasteiger partial charge in [-0.05, 0) is 38.5 Å². The first-order valence-corrected chi connectivity index (χ1v) is 7.59. The molecule has 0 aliphatic heterocycles. The van der Waals surface area contributed by atoms with Gasteiger partial charge in [0.15, 0.2) is 0 Å². The molecular weight excluding hydrogens is 288 g/mol. The van der Waals surface area contributed by atoms with Crippen LogP contribution in [0.2, 0.25) is 0 Å². The van der Waals surface area contributed by atoms with Crippen molar-refractivity contribution in [1.82, 2.24) is 5.32 Å². The van der Waals surface area contributed by atoms with E-state index in [1.807, 2.05) is 51.1 Å². The van der Waals surface area contributed by atoms with E-state index in [9.17, 15) is 9.59 Å². The summed E-state index contributed by atoms with van der Waals surface area (Å²) in [5, 5.41) is 2.74. The Morgan fingerprint density at radius 2 is 1.52 bits per heavy atom. The molecule has 0 aliphatic carbocycles. The minimum absolute atomic E-state index is 0.285. The summed E-state index contributed by atoms with van der Waals surface area (Å²) in [5.41, 5.74) is 10.1. The summed E-state index contributed by atoms with van der Waals surface area (Å²) in [4.78, 5) is 24.1. The summed E-state index contributed by atoms with van der Waals surface area (Å²) in [6, 6.07) is 12.7. The molecule has 0 radical (unpaired) electrons. The molecular formula is C19H22N2O2. The highest BCUT2D eigenvalue weighted by Crippen LogP contribution is 2.10. The van der Waals surface area contributed by atoms with Crippen molar-refractivity contribution >= 4 is 11.8 Å². The zero-order chi connectivity index (χ0) is 17.0. The summed E-state index contributed by atoms with van der Waals surface area (Å²) in [7, 11) is 0. The fourth-order valence-electron chi connectivity index (χ4n) is 2.53. The number of hydrogen-bond donors (Lipinski definition) is 2. The van der Waals surface area contributed by atoms with Crippen LogP contribution in [0.1, 0.15) is 32.6 Å². The number of carbonyl (C=O) groups excluding carboxylic acids is 2. The van der Waals surface area contributed by atoms with Crippen molar-refractivity contribution < 1.29 is 9.59 Å². The Labute approximate surface area is 136 Å². The van der Waals surface area contributed by atoms with Gasteiger partial charge in [0, 0.05) is 12.0 Å². The van der Waals surface area contributed by atoms with Crippen LogP contribution in [0.15, 0.2) is 42.5 Å². The SMILES string of the molecule is Cc1ccc(C[C@@H](NC(=O)c2cc(C)cc(C)c2)C(N)=O)cc1. The maximum absolute atomic E-state index is 12.4. The molecule has 0 unspecified atom stereocenters. The van der Waals surface area contributed by atoms with Gasteiger partial charge in [-0.15, -0.1) is 0 Å². The summed E-state index contributed by atoms with van der Waals surface area (Å²) < 4.78 is 0. The lowest BCUT2D eigenvalue weighted by molar-refractivity contribution is -0.119. The van der Waals surface area contributed by atoms with Gasteiger partial charge in [-0.3, -0.25) is 9.59 Å². The molecule has 2 aromatic rings. The molecule has 1 atom stereocenters. The molecule has 120 valence electrons. The van der Waals surface area contributed by atoms with Crippen LogP contribution in [-0.4, -0.2) is 17.9 Å². The number of carbonyl (C=O) groups is 2. The Bertz CT molecular complexity index is 700. The molecule has 0 saturated carbocycles. The van der Waals surface area contributed by atoms with Crippen LogP contribution in [0.4, 0.5) is 0 Å². The molecule has 0 aliphatic rings. The van der Waals surface area contributed by atoms with E-state index in [1.165, 1.54) is 0 Å². The Morgan fingerprint density at radius 1 is 0.957 bits per heavy atom. The average Bonchev–Trinajstić information content (AvgIpc) is 2.47. The predicted molar refractivity (Wildman–Crippen MR) is 91.2 cm³/mol. The third-order valence-corrected chi connectivity index (χ3v) is 3.69. The Hall–Kier alpha value is -2.62. The maximum Gasteiger partial charge on any atom is 0.251 e. The van der Waals surface area contributed by atoms with Gasteiger partial charge in [0.2, 0.25) is 5.91 Å². The van der Waals surface area contributed by atoms with Crippen molar-refractivity contribution in [2.75, 3.05) is 0 Å². The lowest BCUT2D eigenvalue weighted by Gasteiger charge is -2.16. The van der Waals surface area contributed by atoms with E-state index in [0.29, 0.717) is 12.0 Å². The highest BCUT2D eigenvalue weighted by Gasteiger charge is 2.19. The zero-order valence-corrected chi connectivity index (χ0v) is 13.7. The van der Waals surface area contributed by atoms with Gasteiger partial charge < -0.3 is 11.1 Å². The van der Waals surface area contributed by atoms with Crippen LogP contribution >= 0.6 is 0 Å². The second-order valence-corrected chi connectivity index (χ2v) is 5.99. The minimum Gasteiger partial charge on any atom is -0.368 e. The molecule has 4 nitrogen and oxygen atoms in total. The quantitative estimate of drug-likeness (QED) is 0.890. The van der Waals surface area contributed by atoms with Crippen LogP contribution in [0.3, 0.4) is 0 Å². The molecule has 0 heterocycles. The van der Waals surface area contributed by atoms with Crippen molar-refractivity contribution in [1.29, 1.82) is 0 Å². The number of primary amides is 1. The van der Waals surface area contributed by atoms with Gasteiger partial charge in [-0.2, -0.15) is 0 Å². The van der Waals surface area contributed by atoms with Crippen molar-refractivity contribution in [3.8, 4) is 0 Å². The van der Waals surface area contributed by atoms with Gasteiger partial charge in [0.25, 0.3) is 5.91 Å². The minimum atomic E-state index is -0.731. The second kappa shape index (κ2) is 7.09. The molecule has 2 aromatic carbocycles. The molecule has 2 rings (SSSR count). The van der Waals surface area contributed by atoms with Gasteiger partial charge in [-0.1, -0.05) is 47.0 Å². The Kier molecular flexibility index (Phi) is 5.16. The molecule has 3 N–H and O–H groups in total. The van der Waals surface area contributed by atoms with Crippen LogP contribution in [-0.2, 0) is 11.2 Å². The van der Waals surface area contributed by atoms with E-state index in [0.717, 1.165) is 22.3 Å². The maximum atomic E-state index is 12.4. The Balaban J connectivity index is 2.14. The fourth-order valence-corrected chi connectivity index (χ4v) is 2.53. The van der Waals surface area contributed by atoms with Crippen molar-refractivity contribution in [2.45, 2.75) is 33.2 Å². The van der Waals surface area contributed by atoms with Crippen molar-refractivity contribution in [2.24, 2.45) is 5.73 Å². The topological polar surface area (TPSA) is 72.2 Å². The molecule has 0 aromatic heterocycles. The molecule has 0 saturated heterocycles. The van der Waals surface area contributed by atoms with Crippen LogP contribution < -0.4 is 11.1 Å². The average molecular weight is 310 g/mol. The highest BCUT2D eigenvalue weighted by atomic mass is 16.2. The lowest BCUT2D eigenvalue weighted by Crippen LogP contribution is -2.45. The van der Waals surface area contributed by atoms with Crippen molar-refractivity contribution in [3.05, 3.63) is 70.3 Å². The fraction of sp³-hybridized carbons (Fsp3) is 0.263. The summed E-state index contributed by atoms with van der Waals surface area (Å²) >= 11 is 0. The number of aryl methyl sites for hydroxylation is 3. The molecule has 0 bridgehead atoms. The highest BCUT2D eigenvalue weighted by molar-refractivity contribution is 5.97. The lowest BCUT2D eigenvalue weighted by atomic mass is 10.0. The van der Waals surface area contributed by atoms with E-state index >= 15 is 0 Å². The molecule has 4 heteroatoms. The first kappa shape index (κ1) is 16.7. The number of nitrogens with two attached hydrogens (primary N) is 1. The number of nitrogens with one attached hydrogen (secondary N) is 1. The Morgan fingerprint density at radius 3 is 2.04 bits per heavy atom. The standard InChI is InChI=1S/C19H22N2O2/c1-12-4-6-15(7-5-12)11-17(18(20)22)21-19(23)16-9-13(2)8-14(3)10-16/h4-10,17H,11H2,1-3H3,(H2,20,22)(H,21,23)/t17-/m1/s1.